The van der Waals surface area contributed by atoms with Gasteiger partial charge in [-0.2, -0.15) is 0 Å². The lowest BCUT2D eigenvalue weighted by Crippen LogP contribution is -2.03. The summed E-state index contributed by atoms with van der Waals surface area (Å²) in [5.41, 5.74) is 2.26. The number of carbonyl (C=O) groups is 1. The predicted octanol–water partition coefficient (Wildman–Crippen LogP) is 5.52. The zero-order chi connectivity index (χ0) is 19.0. The van der Waals surface area contributed by atoms with Crippen molar-refractivity contribution in [2.45, 2.75) is 6.92 Å². The van der Waals surface area contributed by atoms with Gasteiger partial charge in [-0.3, -0.25) is 4.79 Å². The molecule has 0 amide bonds. The number of thiazole rings is 1. The van der Waals surface area contributed by atoms with Gasteiger partial charge in [-0.25, -0.2) is 9.78 Å². The Morgan fingerprint density at radius 2 is 2.04 bits per heavy atom. The Labute approximate surface area is 163 Å². The molecule has 4 aromatic rings. The Kier molecular flexibility index (Phi) is 4.51. The molecular formula is C20H13ClN2O3S. The number of nitrogens with one attached hydrogen (secondary N) is 1. The Hall–Kier alpha value is -2.96. The molecule has 1 N–H and O–H groups in total. The van der Waals surface area contributed by atoms with Crippen LogP contribution in [0.5, 0.6) is 0 Å². The van der Waals surface area contributed by atoms with Crippen LogP contribution in [0, 0.1) is 0 Å². The first-order valence-electron chi connectivity index (χ1n) is 8.07. The summed E-state index contributed by atoms with van der Waals surface area (Å²) in [5, 5.41) is 6.84. The number of nitrogens with zero attached hydrogens (tertiary/aromatic N) is 1. The highest BCUT2D eigenvalue weighted by molar-refractivity contribution is 7.14. The third kappa shape index (κ3) is 3.63. The molecule has 0 spiro atoms. The standard InChI is InChI=1S/C20H13ClN2O3S/c1-11(24)12-3-2-4-15(8-12)22-20-23-17(10-27-20)16-9-13-7-14(21)5-6-18(13)26-19(16)25/h2-10H,1H3,(H,22,23). The molecule has 0 bridgehead atoms. The quantitative estimate of drug-likeness (QED) is 0.363. The summed E-state index contributed by atoms with van der Waals surface area (Å²) in [5.74, 6) is -0.00842. The molecule has 0 aliphatic heterocycles. The van der Waals surface area contributed by atoms with Crippen molar-refractivity contribution in [3.63, 3.8) is 0 Å². The number of anilines is 2. The molecule has 2 heterocycles. The molecular weight excluding hydrogens is 384 g/mol. The fourth-order valence-electron chi connectivity index (χ4n) is 2.67. The number of hydrogen-bond acceptors (Lipinski definition) is 6. The van der Waals surface area contributed by atoms with Gasteiger partial charge in [0.2, 0.25) is 0 Å². The van der Waals surface area contributed by atoms with Crippen LogP contribution in [0.4, 0.5) is 10.8 Å². The number of hydrogen-bond donors (Lipinski definition) is 1. The average molecular weight is 397 g/mol. The summed E-state index contributed by atoms with van der Waals surface area (Å²) in [4.78, 5) is 28.3. The Bertz CT molecular complexity index is 1230. The minimum atomic E-state index is -0.458. The summed E-state index contributed by atoms with van der Waals surface area (Å²) in [7, 11) is 0. The highest BCUT2D eigenvalue weighted by atomic mass is 35.5. The lowest BCUT2D eigenvalue weighted by Gasteiger charge is -2.04. The minimum absolute atomic E-state index is 0.00842. The van der Waals surface area contributed by atoms with Gasteiger partial charge in [-0.05, 0) is 43.3 Å². The van der Waals surface area contributed by atoms with Crippen LogP contribution in [0.15, 0.2) is 63.1 Å². The molecule has 0 aliphatic rings. The highest BCUT2D eigenvalue weighted by Gasteiger charge is 2.12. The molecule has 5 nitrogen and oxygen atoms in total. The van der Waals surface area contributed by atoms with E-state index >= 15 is 0 Å². The van der Waals surface area contributed by atoms with Gasteiger partial charge in [0.15, 0.2) is 10.9 Å². The fraction of sp³-hybridized carbons (Fsp3) is 0.0500. The smallest absolute Gasteiger partial charge is 0.345 e. The van der Waals surface area contributed by atoms with Crippen molar-refractivity contribution in [1.82, 2.24) is 4.98 Å². The van der Waals surface area contributed by atoms with Crippen LogP contribution >= 0.6 is 22.9 Å². The highest BCUT2D eigenvalue weighted by Crippen LogP contribution is 2.28. The van der Waals surface area contributed by atoms with Gasteiger partial charge < -0.3 is 9.73 Å². The number of aromatic nitrogens is 1. The number of Topliss-reactive ketones (excluding diaryl/α,β-unsaturated/α-hetero) is 1. The maximum absolute atomic E-state index is 12.3. The Balaban J connectivity index is 1.67. The van der Waals surface area contributed by atoms with Crippen molar-refractivity contribution in [2.24, 2.45) is 0 Å². The van der Waals surface area contributed by atoms with E-state index in [0.29, 0.717) is 32.6 Å². The molecule has 27 heavy (non-hydrogen) atoms. The van der Waals surface area contributed by atoms with Crippen LogP contribution in [0.3, 0.4) is 0 Å². The van der Waals surface area contributed by atoms with Crippen LogP contribution in [-0.2, 0) is 0 Å². The van der Waals surface area contributed by atoms with E-state index in [1.807, 2.05) is 6.07 Å². The van der Waals surface area contributed by atoms with Crippen molar-refractivity contribution in [3.8, 4) is 11.3 Å². The number of rotatable bonds is 4. The largest absolute Gasteiger partial charge is 0.422 e. The van der Waals surface area contributed by atoms with E-state index in [1.54, 1.807) is 47.8 Å². The van der Waals surface area contributed by atoms with Gasteiger partial charge in [0, 0.05) is 27.0 Å². The molecule has 4 rings (SSSR count). The van der Waals surface area contributed by atoms with Crippen LogP contribution in [0.2, 0.25) is 5.02 Å². The van der Waals surface area contributed by atoms with Gasteiger partial charge in [0.25, 0.3) is 0 Å². The Morgan fingerprint density at radius 3 is 2.85 bits per heavy atom. The van der Waals surface area contributed by atoms with E-state index < -0.39 is 5.63 Å². The predicted molar refractivity (Wildman–Crippen MR) is 108 cm³/mol. The number of fused-ring (bicyclic) bond motifs is 1. The van der Waals surface area contributed by atoms with Crippen molar-refractivity contribution in [2.75, 3.05) is 5.32 Å². The molecule has 0 unspecified atom stereocenters. The van der Waals surface area contributed by atoms with Gasteiger partial charge in [-0.15, -0.1) is 11.3 Å². The molecule has 0 saturated heterocycles. The van der Waals surface area contributed by atoms with E-state index in [0.717, 1.165) is 11.1 Å². The summed E-state index contributed by atoms with van der Waals surface area (Å²) < 4.78 is 5.36. The number of halogens is 1. The van der Waals surface area contributed by atoms with Crippen LogP contribution < -0.4 is 10.9 Å². The normalized spacial score (nSPS) is 10.9. The first kappa shape index (κ1) is 17.5. The van der Waals surface area contributed by atoms with Crippen molar-refractivity contribution in [1.29, 1.82) is 0 Å². The second kappa shape index (κ2) is 6.98. The van der Waals surface area contributed by atoms with E-state index in [4.69, 9.17) is 16.0 Å². The van der Waals surface area contributed by atoms with E-state index in [-0.39, 0.29) is 5.78 Å². The van der Waals surface area contributed by atoms with Gasteiger partial charge in [-0.1, -0.05) is 23.7 Å². The van der Waals surface area contributed by atoms with Gasteiger partial charge >= 0.3 is 5.63 Å². The maximum Gasteiger partial charge on any atom is 0.345 e. The molecule has 2 aromatic heterocycles. The lowest BCUT2D eigenvalue weighted by molar-refractivity contribution is 0.101. The molecule has 0 saturated carbocycles. The van der Waals surface area contributed by atoms with Gasteiger partial charge in [0.1, 0.15) is 5.58 Å². The first-order chi connectivity index (χ1) is 13.0. The van der Waals surface area contributed by atoms with Crippen molar-refractivity contribution >= 4 is 50.5 Å². The molecule has 0 aliphatic carbocycles. The SMILES string of the molecule is CC(=O)c1cccc(Nc2nc(-c3cc4cc(Cl)ccc4oc3=O)cs2)c1. The summed E-state index contributed by atoms with van der Waals surface area (Å²) >= 11 is 7.38. The third-order valence-electron chi connectivity index (χ3n) is 3.99. The monoisotopic (exact) mass is 396 g/mol. The Morgan fingerprint density at radius 1 is 1.19 bits per heavy atom. The molecule has 0 radical (unpaired) electrons. The molecule has 0 atom stereocenters. The topological polar surface area (TPSA) is 72.2 Å². The maximum atomic E-state index is 12.3. The second-order valence-electron chi connectivity index (χ2n) is 5.93. The third-order valence-corrected chi connectivity index (χ3v) is 4.99. The molecule has 2 aromatic carbocycles. The van der Waals surface area contributed by atoms with E-state index in [1.165, 1.54) is 18.3 Å². The zero-order valence-electron chi connectivity index (χ0n) is 14.2. The number of carbonyl (C=O) groups excluding carboxylic acids is 1. The van der Waals surface area contributed by atoms with Gasteiger partial charge in [0.05, 0.1) is 11.3 Å². The number of ketones is 1. The summed E-state index contributed by atoms with van der Waals surface area (Å²) in [6.07, 6.45) is 0. The molecule has 134 valence electrons. The minimum Gasteiger partial charge on any atom is -0.422 e. The average Bonchev–Trinajstić information content (AvgIpc) is 3.10. The molecule has 0 fully saturated rings. The lowest BCUT2D eigenvalue weighted by atomic mass is 10.1. The summed E-state index contributed by atoms with van der Waals surface area (Å²) in [6, 6.07) is 14.0. The van der Waals surface area contributed by atoms with Crippen LogP contribution in [-0.4, -0.2) is 10.8 Å². The number of benzene rings is 2. The van der Waals surface area contributed by atoms with E-state index in [9.17, 15) is 9.59 Å². The second-order valence-corrected chi connectivity index (χ2v) is 7.22. The van der Waals surface area contributed by atoms with Crippen LogP contribution in [0.1, 0.15) is 17.3 Å². The first-order valence-corrected chi connectivity index (χ1v) is 9.33. The van der Waals surface area contributed by atoms with Crippen molar-refractivity contribution < 1.29 is 9.21 Å². The van der Waals surface area contributed by atoms with Crippen molar-refractivity contribution in [3.05, 3.63) is 74.9 Å². The van der Waals surface area contributed by atoms with E-state index in [2.05, 4.69) is 10.3 Å². The zero-order valence-corrected chi connectivity index (χ0v) is 15.7. The fourth-order valence-corrected chi connectivity index (χ4v) is 3.58. The van der Waals surface area contributed by atoms with Crippen LogP contribution in [0.25, 0.3) is 22.2 Å². The molecule has 7 heteroatoms. The summed E-state index contributed by atoms with van der Waals surface area (Å²) in [6.45, 7) is 1.52.